The van der Waals surface area contributed by atoms with Crippen molar-refractivity contribution in [1.82, 2.24) is 14.9 Å². The third kappa shape index (κ3) is 2.22. The van der Waals surface area contributed by atoms with E-state index in [1.54, 1.807) is 0 Å². The van der Waals surface area contributed by atoms with Crippen molar-refractivity contribution >= 4 is 33.5 Å². The molecular weight excluding hydrogens is 336 g/mol. The van der Waals surface area contributed by atoms with E-state index in [0.29, 0.717) is 12.4 Å². The fraction of sp³-hybridized carbons (Fsp3) is 0.182. The molecule has 1 atom stereocenters. The molecule has 0 fully saturated rings. The second-order valence-corrected chi connectivity index (χ2v) is 7.43. The third-order valence-electron chi connectivity index (χ3n) is 5.82. The zero-order chi connectivity index (χ0) is 18.0. The Balaban J connectivity index is 1.46. The van der Waals surface area contributed by atoms with E-state index in [0.717, 1.165) is 34.9 Å². The number of fused-ring (bicyclic) bond motifs is 6. The normalized spacial score (nSPS) is 19.3. The average Bonchev–Trinajstić information content (AvgIpc) is 2.98. The number of para-hydroxylation sites is 2. The van der Waals surface area contributed by atoms with Gasteiger partial charge in [0.15, 0.2) is 0 Å². The van der Waals surface area contributed by atoms with Gasteiger partial charge in [-0.15, -0.1) is 0 Å². The molecule has 4 heterocycles. The number of carbonyl (C=O) groups excluding carboxylic acids is 1. The van der Waals surface area contributed by atoms with Gasteiger partial charge in [0.25, 0.3) is 0 Å². The van der Waals surface area contributed by atoms with Crippen molar-refractivity contribution < 1.29 is 4.79 Å². The number of hydrogen-bond donors (Lipinski definition) is 2. The number of pyridine rings is 1. The summed E-state index contributed by atoms with van der Waals surface area (Å²) in [5, 5.41) is 5.41. The van der Waals surface area contributed by atoms with Crippen molar-refractivity contribution in [2.75, 3.05) is 5.32 Å². The fourth-order valence-electron chi connectivity index (χ4n) is 4.49. The predicted octanol–water partition coefficient (Wildman–Crippen LogP) is 3.60. The molecule has 4 aromatic rings. The monoisotopic (exact) mass is 354 g/mol. The molecule has 0 bridgehead atoms. The van der Waals surface area contributed by atoms with E-state index in [1.807, 2.05) is 24.3 Å². The largest absolute Gasteiger partial charge is 0.357 e. The van der Waals surface area contributed by atoms with Crippen LogP contribution in [0.15, 0.2) is 54.6 Å². The van der Waals surface area contributed by atoms with Gasteiger partial charge in [-0.05, 0) is 30.2 Å². The Morgan fingerprint density at radius 3 is 2.85 bits per heavy atom. The van der Waals surface area contributed by atoms with Gasteiger partial charge in [0.1, 0.15) is 5.82 Å². The van der Waals surface area contributed by atoms with Crippen molar-refractivity contribution in [3.63, 3.8) is 0 Å². The summed E-state index contributed by atoms with van der Waals surface area (Å²) in [5.74, 6) is 0.731. The van der Waals surface area contributed by atoms with Crippen LogP contribution in [-0.4, -0.2) is 26.8 Å². The van der Waals surface area contributed by atoms with Crippen LogP contribution < -0.4 is 5.32 Å². The molecule has 1 amide bonds. The number of benzene rings is 2. The summed E-state index contributed by atoms with van der Waals surface area (Å²) in [7, 11) is 0. The zero-order valence-corrected chi connectivity index (χ0v) is 14.7. The molecule has 27 heavy (non-hydrogen) atoms. The minimum Gasteiger partial charge on any atom is -0.357 e. The lowest BCUT2D eigenvalue weighted by Crippen LogP contribution is -2.45. The number of nitrogens with zero attached hydrogens (tertiary/aromatic N) is 2. The maximum atomic E-state index is 13.0. The van der Waals surface area contributed by atoms with Crippen LogP contribution in [0.2, 0.25) is 0 Å². The van der Waals surface area contributed by atoms with Gasteiger partial charge < -0.3 is 10.3 Å². The molecule has 2 aliphatic rings. The van der Waals surface area contributed by atoms with Crippen LogP contribution in [0.4, 0.5) is 5.82 Å². The second kappa shape index (κ2) is 5.41. The number of carbonyl (C=O) groups is 1. The number of rotatable bonds is 0. The maximum absolute atomic E-state index is 13.0. The summed E-state index contributed by atoms with van der Waals surface area (Å²) in [6, 6.07) is 18.4. The molecule has 0 aliphatic carbocycles. The molecule has 0 saturated carbocycles. The quantitative estimate of drug-likeness (QED) is 0.507. The van der Waals surface area contributed by atoms with Gasteiger partial charge in [0, 0.05) is 40.6 Å². The highest BCUT2D eigenvalue weighted by molar-refractivity contribution is 5.98. The van der Waals surface area contributed by atoms with E-state index >= 15 is 0 Å². The number of H-pyrrole nitrogens is 1. The van der Waals surface area contributed by atoms with Gasteiger partial charge in [-0.3, -0.25) is 9.69 Å². The van der Waals surface area contributed by atoms with Crippen LogP contribution in [0.3, 0.4) is 0 Å². The van der Waals surface area contributed by atoms with Gasteiger partial charge in [-0.2, -0.15) is 0 Å². The van der Waals surface area contributed by atoms with Crippen molar-refractivity contribution in [3.05, 3.63) is 71.4 Å². The summed E-state index contributed by atoms with van der Waals surface area (Å²) in [6.07, 6.45) is 0.721. The van der Waals surface area contributed by atoms with Crippen LogP contribution in [0, 0.1) is 0 Å². The minimum absolute atomic E-state index is 0.0347. The van der Waals surface area contributed by atoms with E-state index in [-0.39, 0.29) is 11.9 Å². The van der Waals surface area contributed by atoms with E-state index in [9.17, 15) is 4.79 Å². The molecule has 2 N–H and O–H groups in total. The Hall–Kier alpha value is -3.18. The third-order valence-corrected chi connectivity index (χ3v) is 5.82. The average molecular weight is 354 g/mol. The Morgan fingerprint density at radius 1 is 1.04 bits per heavy atom. The van der Waals surface area contributed by atoms with Gasteiger partial charge in [0.2, 0.25) is 5.91 Å². The highest BCUT2D eigenvalue weighted by Crippen LogP contribution is 2.34. The summed E-state index contributed by atoms with van der Waals surface area (Å²) in [6.45, 7) is 1.46. The van der Waals surface area contributed by atoms with Gasteiger partial charge in [0.05, 0.1) is 11.6 Å². The Morgan fingerprint density at radius 2 is 1.89 bits per heavy atom. The lowest BCUT2D eigenvalue weighted by molar-refractivity contribution is -0.121. The standard InChI is InChI=1S/C22H18N4O/c27-22-20-10-16-15-6-2-4-8-18(15)23-19(16)12-26(20)11-14-9-13-5-1-3-7-17(13)24-21(14)25-22/h1-9,20,23H,10-12H2,(H,24,25,27)/t20-/m0/s1. The predicted molar refractivity (Wildman–Crippen MR) is 105 cm³/mol. The minimum atomic E-state index is -0.172. The molecule has 0 radical (unpaired) electrons. The molecule has 2 aliphatic heterocycles. The first kappa shape index (κ1) is 14.9. The van der Waals surface area contributed by atoms with Crippen molar-refractivity contribution in [3.8, 4) is 0 Å². The lowest BCUT2D eigenvalue weighted by Gasteiger charge is -2.32. The summed E-state index contributed by atoms with van der Waals surface area (Å²) in [4.78, 5) is 23.5. The first-order valence-electron chi connectivity index (χ1n) is 9.28. The van der Waals surface area contributed by atoms with Crippen LogP contribution in [-0.2, 0) is 24.3 Å². The fourth-order valence-corrected chi connectivity index (χ4v) is 4.49. The van der Waals surface area contributed by atoms with Crippen molar-refractivity contribution in [1.29, 1.82) is 0 Å². The van der Waals surface area contributed by atoms with Crippen LogP contribution in [0.1, 0.15) is 16.8 Å². The molecule has 2 aromatic carbocycles. The summed E-state index contributed by atoms with van der Waals surface area (Å²) in [5.41, 5.74) is 5.62. The van der Waals surface area contributed by atoms with Gasteiger partial charge >= 0.3 is 0 Å². The molecule has 5 nitrogen and oxygen atoms in total. The van der Waals surface area contributed by atoms with E-state index < -0.39 is 0 Å². The van der Waals surface area contributed by atoms with Crippen LogP contribution >= 0.6 is 0 Å². The Labute approximate surface area is 156 Å². The highest BCUT2D eigenvalue weighted by atomic mass is 16.2. The number of hydrogen-bond acceptors (Lipinski definition) is 3. The number of amides is 1. The van der Waals surface area contributed by atoms with Gasteiger partial charge in [-0.1, -0.05) is 36.4 Å². The number of aromatic nitrogens is 2. The van der Waals surface area contributed by atoms with Crippen molar-refractivity contribution in [2.45, 2.75) is 25.6 Å². The second-order valence-electron chi connectivity index (χ2n) is 7.43. The molecule has 5 heteroatoms. The number of nitrogens with one attached hydrogen (secondary N) is 2. The first-order valence-corrected chi connectivity index (χ1v) is 9.28. The smallest absolute Gasteiger partial charge is 0.243 e. The lowest BCUT2D eigenvalue weighted by atomic mass is 9.96. The van der Waals surface area contributed by atoms with Crippen LogP contribution in [0.25, 0.3) is 21.8 Å². The SMILES string of the molecule is O=C1Nc2nc3ccccc3cc2CN2Cc3[nH]c4ccccc4c3C[C@@H]12. The molecule has 0 saturated heterocycles. The van der Waals surface area contributed by atoms with Crippen LogP contribution in [0.5, 0.6) is 0 Å². The molecule has 2 aromatic heterocycles. The molecule has 0 spiro atoms. The van der Waals surface area contributed by atoms with E-state index in [4.69, 9.17) is 4.98 Å². The number of aromatic amines is 1. The Bertz CT molecular complexity index is 1230. The summed E-state index contributed by atoms with van der Waals surface area (Å²) < 4.78 is 0. The first-order chi connectivity index (χ1) is 13.3. The van der Waals surface area contributed by atoms with Crippen molar-refractivity contribution in [2.24, 2.45) is 0 Å². The molecule has 132 valence electrons. The van der Waals surface area contributed by atoms with E-state index in [1.165, 1.54) is 16.6 Å². The van der Waals surface area contributed by atoms with E-state index in [2.05, 4.69) is 45.5 Å². The number of anilines is 1. The van der Waals surface area contributed by atoms with Gasteiger partial charge in [-0.25, -0.2) is 4.98 Å². The molecule has 6 rings (SSSR count). The molecule has 0 unspecified atom stereocenters. The summed E-state index contributed by atoms with van der Waals surface area (Å²) >= 11 is 0. The topological polar surface area (TPSA) is 61.0 Å². The molecular formula is C22H18N4O. The Kier molecular flexibility index (Phi) is 2.99. The maximum Gasteiger partial charge on any atom is 0.243 e. The highest BCUT2D eigenvalue weighted by Gasteiger charge is 2.36. The zero-order valence-electron chi connectivity index (χ0n) is 14.7.